The Morgan fingerprint density at radius 2 is 1.94 bits per heavy atom. The first-order valence-electron chi connectivity index (χ1n) is 5.53. The van der Waals surface area contributed by atoms with Gasteiger partial charge >= 0.3 is 0 Å². The molecule has 1 amide bonds. The summed E-state index contributed by atoms with van der Waals surface area (Å²) in [4.78, 5) is 12.7. The highest BCUT2D eigenvalue weighted by molar-refractivity contribution is 7.08. The molecule has 6 heteroatoms. The Morgan fingerprint density at radius 1 is 1.35 bits per heavy atom. The fraction of sp³-hybridized carbons (Fsp3) is 0.727. The minimum absolute atomic E-state index is 0.152. The Kier molecular flexibility index (Phi) is 3.88. The molecule has 0 aliphatic carbocycles. The molecule has 1 heterocycles. The zero-order chi connectivity index (χ0) is 13.3. The number of nitrogens with one attached hydrogen (secondary N) is 1. The van der Waals surface area contributed by atoms with E-state index in [9.17, 15) is 4.79 Å². The van der Waals surface area contributed by atoms with E-state index in [1.807, 2.05) is 34.6 Å². The maximum atomic E-state index is 12.1. The van der Waals surface area contributed by atoms with Crippen molar-refractivity contribution in [3.63, 3.8) is 0 Å². The highest BCUT2D eigenvalue weighted by Crippen LogP contribution is 2.25. The van der Waals surface area contributed by atoms with E-state index < -0.39 is 5.54 Å². The van der Waals surface area contributed by atoms with E-state index in [4.69, 9.17) is 5.73 Å². The Balaban J connectivity index is 2.95. The van der Waals surface area contributed by atoms with Crippen LogP contribution in [0.3, 0.4) is 0 Å². The second-order valence-electron chi connectivity index (χ2n) is 5.74. The summed E-state index contributed by atoms with van der Waals surface area (Å²) in [7, 11) is 0. The zero-order valence-corrected chi connectivity index (χ0v) is 11.8. The molecule has 5 nitrogen and oxygen atoms in total. The van der Waals surface area contributed by atoms with Crippen LogP contribution in [0.25, 0.3) is 0 Å². The molecule has 0 unspecified atom stereocenters. The molecule has 0 atom stereocenters. The SMILES string of the molecule is CC(C)(CN)NC(=O)c1snnc1C(C)(C)C. The van der Waals surface area contributed by atoms with E-state index in [0.717, 1.165) is 17.2 Å². The maximum absolute atomic E-state index is 12.1. The van der Waals surface area contributed by atoms with Crippen LogP contribution in [0.15, 0.2) is 0 Å². The monoisotopic (exact) mass is 256 g/mol. The molecule has 1 aromatic heterocycles. The largest absolute Gasteiger partial charge is 0.345 e. The summed E-state index contributed by atoms with van der Waals surface area (Å²) in [6.45, 7) is 10.2. The predicted molar refractivity (Wildman–Crippen MR) is 69.2 cm³/mol. The molecule has 0 aliphatic rings. The number of carbonyl (C=O) groups is 1. The number of carbonyl (C=O) groups excluding carboxylic acids is 1. The van der Waals surface area contributed by atoms with E-state index >= 15 is 0 Å². The van der Waals surface area contributed by atoms with Gasteiger partial charge in [0.2, 0.25) is 0 Å². The highest BCUT2D eigenvalue weighted by Gasteiger charge is 2.28. The standard InChI is InChI=1S/C11H20N4OS/c1-10(2,3)8-7(17-15-14-8)9(16)13-11(4,5)6-12/h6,12H2,1-5H3,(H,13,16). The van der Waals surface area contributed by atoms with Gasteiger partial charge in [-0.05, 0) is 25.4 Å². The first-order chi connectivity index (χ1) is 7.67. The number of hydrogen-bond acceptors (Lipinski definition) is 5. The maximum Gasteiger partial charge on any atom is 0.265 e. The van der Waals surface area contributed by atoms with E-state index in [1.54, 1.807) is 0 Å². The lowest BCUT2D eigenvalue weighted by Gasteiger charge is -2.24. The fourth-order valence-electron chi connectivity index (χ4n) is 1.25. The Hall–Kier alpha value is -1.01. The lowest BCUT2D eigenvalue weighted by molar-refractivity contribution is 0.0917. The van der Waals surface area contributed by atoms with Crippen LogP contribution in [-0.2, 0) is 5.41 Å². The predicted octanol–water partition coefficient (Wildman–Crippen LogP) is 1.30. The molecule has 0 bridgehead atoms. The number of rotatable bonds is 3. The van der Waals surface area contributed by atoms with Crippen LogP contribution < -0.4 is 11.1 Å². The van der Waals surface area contributed by atoms with Gasteiger partial charge in [0.25, 0.3) is 5.91 Å². The van der Waals surface area contributed by atoms with Crippen LogP contribution in [0.2, 0.25) is 0 Å². The number of nitrogens with two attached hydrogens (primary N) is 1. The van der Waals surface area contributed by atoms with Gasteiger partial charge in [0, 0.05) is 17.5 Å². The van der Waals surface area contributed by atoms with Crippen molar-refractivity contribution in [1.29, 1.82) is 0 Å². The quantitative estimate of drug-likeness (QED) is 0.854. The molecule has 0 fully saturated rings. The van der Waals surface area contributed by atoms with Crippen LogP contribution in [0, 0.1) is 0 Å². The van der Waals surface area contributed by atoms with Gasteiger partial charge in [-0.1, -0.05) is 25.3 Å². The second kappa shape index (κ2) is 4.70. The van der Waals surface area contributed by atoms with Crippen molar-refractivity contribution < 1.29 is 4.79 Å². The molecular weight excluding hydrogens is 236 g/mol. The molecule has 0 aromatic carbocycles. The summed E-state index contributed by atoms with van der Waals surface area (Å²) >= 11 is 1.12. The van der Waals surface area contributed by atoms with E-state index in [2.05, 4.69) is 14.9 Å². The van der Waals surface area contributed by atoms with Crippen molar-refractivity contribution in [2.45, 2.75) is 45.6 Å². The molecule has 0 radical (unpaired) electrons. The third-order valence-corrected chi connectivity index (χ3v) is 3.09. The normalized spacial score (nSPS) is 12.6. The van der Waals surface area contributed by atoms with Gasteiger partial charge < -0.3 is 11.1 Å². The van der Waals surface area contributed by atoms with Gasteiger partial charge in [-0.25, -0.2) is 0 Å². The molecular formula is C11H20N4OS. The molecule has 3 N–H and O–H groups in total. The first-order valence-corrected chi connectivity index (χ1v) is 6.30. The number of hydrogen-bond donors (Lipinski definition) is 2. The van der Waals surface area contributed by atoms with E-state index in [0.29, 0.717) is 11.4 Å². The van der Waals surface area contributed by atoms with Crippen molar-refractivity contribution in [3.05, 3.63) is 10.6 Å². The third-order valence-electron chi connectivity index (χ3n) is 2.37. The van der Waals surface area contributed by atoms with Crippen LogP contribution in [0.1, 0.15) is 50.0 Å². The average molecular weight is 256 g/mol. The summed E-state index contributed by atoms with van der Waals surface area (Å²) in [5.41, 5.74) is 5.71. The van der Waals surface area contributed by atoms with Gasteiger partial charge in [-0.2, -0.15) is 0 Å². The molecule has 1 rings (SSSR count). The minimum Gasteiger partial charge on any atom is -0.345 e. The first kappa shape index (κ1) is 14.1. The summed E-state index contributed by atoms with van der Waals surface area (Å²) in [6, 6.07) is 0. The van der Waals surface area contributed by atoms with Crippen molar-refractivity contribution in [3.8, 4) is 0 Å². The molecule has 0 saturated heterocycles. The Morgan fingerprint density at radius 3 is 2.41 bits per heavy atom. The van der Waals surface area contributed by atoms with E-state index in [1.165, 1.54) is 0 Å². The van der Waals surface area contributed by atoms with Crippen molar-refractivity contribution in [2.24, 2.45) is 5.73 Å². The van der Waals surface area contributed by atoms with Gasteiger partial charge in [-0.15, -0.1) is 5.10 Å². The fourth-order valence-corrected chi connectivity index (χ4v) is 2.02. The molecule has 0 spiro atoms. The van der Waals surface area contributed by atoms with Crippen LogP contribution in [0.5, 0.6) is 0 Å². The third kappa shape index (κ3) is 3.47. The van der Waals surface area contributed by atoms with Crippen molar-refractivity contribution >= 4 is 17.4 Å². The molecule has 17 heavy (non-hydrogen) atoms. The topological polar surface area (TPSA) is 80.9 Å². The van der Waals surface area contributed by atoms with E-state index in [-0.39, 0.29) is 11.3 Å². The molecule has 1 aromatic rings. The number of nitrogens with zero attached hydrogens (tertiary/aromatic N) is 2. The minimum atomic E-state index is -0.420. The molecule has 96 valence electrons. The lowest BCUT2D eigenvalue weighted by Crippen LogP contribution is -2.49. The summed E-state index contributed by atoms with van der Waals surface area (Å²) in [5, 5.41) is 6.93. The molecule has 0 aliphatic heterocycles. The zero-order valence-electron chi connectivity index (χ0n) is 11.0. The van der Waals surface area contributed by atoms with Crippen LogP contribution in [0.4, 0.5) is 0 Å². The number of aromatic nitrogens is 2. The van der Waals surface area contributed by atoms with Gasteiger partial charge in [0.1, 0.15) is 4.88 Å². The summed E-state index contributed by atoms with van der Waals surface area (Å²) in [6.07, 6.45) is 0. The number of amides is 1. The second-order valence-corrected chi connectivity index (χ2v) is 6.50. The van der Waals surface area contributed by atoms with Crippen LogP contribution in [-0.4, -0.2) is 27.6 Å². The van der Waals surface area contributed by atoms with Gasteiger partial charge in [-0.3, -0.25) is 4.79 Å². The Bertz CT molecular complexity index is 406. The highest BCUT2D eigenvalue weighted by atomic mass is 32.1. The average Bonchev–Trinajstić information content (AvgIpc) is 2.64. The smallest absolute Gasteiger partial charge is 0.265 e. The molecule has 0 saturated carbocycles. The van der Waals surface area contributed by atoms with Gasteiger partial charge in [0.15, 0.2) is 0 Å². The lowest BCUT2D eigenvalue weighted by atomic mass is 9.91. The van der Waals surface area contributed by atoms with Gasteiger partial charge in [0.05, 0.1) is 5.69 Å². The summed E-state index contributed by atoms with van der Waals surface area (Å²) < 4.78 is 3.87. The van der Waals surface area contributed by atoms with Crippen molar-refractivity contribution in [2.75, 3.05) is 6.54 Å². The van der Waals surface area contributed by atoms with Crippen LogP contribution >= 0.6 is 11.5 Å². The Labute approximate surface area is 106 Å². The summed E-state index contributed by atoms with van der Waals surface area (Å²) in [5.74, 6) is -0.152. The van der Waals surface area contributed by atoms with Crippen molar-refractivity contribution in [1.82, 2.24) is 14.9 Å².